The fourth-order valence-corrected chi connectivity index (χ4v) is 1.53. The normalized spacial score (nSPS) is 13.1. The van der Waals surface area contributed by atoms with Gasteiger partial charge in [-0.15, -0.1) is 0 Å². The first kappa shape index (κ1) is 9.09. The third-order valence-electron chi connectivity index (χ3n) is 2.17. The van der Waals surface area contributed by atoms with E-state index in [-0.39, 0.29) is 5.82 Å². The summed E-state index contributed by atoms with van der Waals surface area (Å²) in [5.41, 5.74) is 0.389. The topological polar surface area (TPSA) is 33.1 Å². The van der Waals surface area contributed by atoms with Crippen LogP contribution in [0.25, 0.3) is 10.8 Å². The van der Waals surface area contributed by atoms with Gasteiger partial charge in [-0.05, 0) is 24.4 Å². The van der Waals surface area contributed by atoms with Gasteiger partial charge in [-0.25, -0.2) is 4.39 Å². The van der Waals surface area contributed by atoms with Gasteiger partial charge in [-0.3, -0.25) is 4.98 Å². The lowest BCUT2D eigenvalue weighted by molar-refractivity contribution is 0.196. The number of hydrogen-bond donors (Lipinski definition) is 1. The standard InChI is InChI=1S/C11H10FNO/c1-7(14)11-10-8(5-6-13-11)3-2-4-9(10)12/h2-7,14H,1H3. The summed E-state index contributed by atoms with van der Waals surface area (Å²) in [7, 11) is 0. The quantitative estimate of drug-likeness (QED) is 0.750. The van der Waals surface area contributed by atoms with E-state index in [9.17, 15) is 9.50 Å². The molecule has 0 bridgehead atoms. The van der Waals surface area contributed by atoms with E-state index in [0.717, 1.165) is 5.39 Å². The van der Waals surface area contributed by atoms with E-state index in [1.807, 2.05) is 0 Å². The first-order valence-corrected chi connectivity index (χ1v) is 4.41. The van der Waals surface area contributed by atoms with Crippen molar-refractivity contribution in [3.05, 3.63) is 42.0 Å². The Morgan fingerprint density at radius 1 is 1.36 bits per heavy atom. The lowest BCUT2D eigenvalue weighted by Gasteiger charge is -2.08. The van der Waals surface area contributed by atoms with Crippen LogP contribution in [0.3, 0.4) is 0 Å². The molecule has 0 radical (unpaired) electrons. The Bertz CT molecular complexity index is 463. The molecular weight excluding hydrogens is 181 g/mol. The SMILES string of the molecule is CC(O)c1nccc2cccc(F)c12. The first-order valence-electron chi connectivity index (χ1n) is 4.41. The molecule has 1 aromatic carbocycles. The highest BCUT2D eigenvalue weighted by molar-refractivity contribution is 5.85. The molecule has 0 spiro atoms. The predicted octanol–water partition coefficient (Wildman–Crippen LogP) is 2.43. The van der Waals surface area contributed by atoms with Gasteiger partial charge in [-0.1, -0.05) is 12.1 Å². The molecule has 1 unspecified atom stereocenters. The molecule has 2 aromatic rings. The third kappa shape index (κ3) is 1.36. The van der Waals surface area contributed by atoms with Crippen LogP contribution in [0.2, 0.25) is 0 Å². The van der Waals surface area contributed by atoms with Crippen molar-refractivity contribution in [2.24, 2.45) is 0 Å². The van der Waals surface area contributed by atoms with Gasteiger partial charge in [0.15, 0.2) is 0 Å². The predicted molar refractivity (Wildman–Crippen MR) is 52.3 cm³/mol. The zero-order valence-electron chi connectivity index (χ0n) is 7.74. The lowest BCUT2D eigenvalue weighted by Crippen LogP contribution is -1.97. The average Bonchev–Trinajstić information content (AvgIpc) is 2.17. The molecule has 0 aliphatic carbocycles. The van der Waals surface area contributed by atoms with Crippen LogP contribution in [0.5, 0.6) is 0 Å². The highest BCUT2D eigenvalue weighted by Gasteiger charge is 2.10. The van der Waals surface area contributed by atoms with Gasteiger partial charge in [0, 0.05) is 11.6 Å². The Hall–Kier alpha value is -1.48. The van der Waals surface area contributed by atoms with Crippen LogP contribution in [-0.2, 0) is 0 Å². The minimum Gasteiger partial charge on any atom is -0.387 e. The van der Waals surface area contributed by atoms with Crippen molar-refractivity contribution < 1.29 is 9.50 Å². The van der Waals surface area contributed by atoms with Crippen LogP contribution >= 0.6 is 0 Å². The van der Waals surface area contributed by atoms with Crippen LogP contribution in [0.15, 0.2) is 30.5 Å². The number of rotatable bonds is 1. The maximum atomic E-state index is 13.5. The summed E-state index contributed by atoms with van der Waals surface area (Å²) in [6.45, 7) is 1.58. The summed E-state index contributed by atoms with van der Waals surface area (Å²) in [6.07, 6.45) is 0.819. The van der Waals surface area contributed by atoms with Crippen LogP contribution < -0.4 is 0 Å². The van der Waals surface area contributed by atoms with Gasteiger partial charge >= 0.3 is 0 Å². The number of hydrogen-bond acceptors (Lipinski definition) is 2. The molecular formula is C11H10FNO. The van der Waals surface area contributed by atoms with Crippen molar-refractivity contribution in [3.8, 4) is 0 Å². The molecule has 0 fully saturated rings. The minimum absolute atomic E-state index is 0.341. The maximum Gasteiger partial charge on any atom is 0.132 e. The van der Waals surface area contributed by atoms with E-state index in [2.05, 4.69) is 4.98 Å². The van der Waals surface area contributed by atoms with Gasteiger partial charge in [0.1, 0.15) is 5.82 Å². The van der Waals surface area contributed by atoms with Crippen LogP contribution in [0.4, 0.5) is 4.39 Å². The Balaban J connectivity index is 2.84. The number of pyridine rings is 1. The number of benzene rings is 1. The maximum absolute atomic E-state index is 13.5. The Kier molecular flexibility index (Phi) is 2.17. The Morgan fingerprint density at radius 3 is 2.86 bits per heavy atom. The number of halogens is 1. The van der Waals surface area contributed by atoms with Crippen molar-refractivity contribution >= 4 is 10.8 Å². The second kappa shape index (κ2) is 3.35. The van der Waals surface area contributed by atoms with Crippen molar-refractivity contribution in [1.29, 1.82) is 0 Å². The summed E-state index contributed by atoms with van der Waals surface area (Å²) in [5, 5.41) is 10.6. The van der Waals surface area contributed by atoms with Gasteiger partial charge in [0.2, 0.25) is 0 Å². The monoisotopic (exact) mass is 191 g/mol. The van der Waals surface area contributed by atoms with Crippen molar-refractivity contribution in [3.63, 3.8) is 0 Å². The van der Waals surface area contributed by atoms with E-state index >= 15 is 0 Å². The molecule has 0 amide bonds. The molecule has 3 heteroatoms. The summed E-state index contributed by atoms with van der Waals surface area (Å²) in [6, 6.07) is 6.54. The molecule has 0 saturated heterocycles. The Morgan fingerprint density at radius 2 is 2.14 bits per heavy atom. The Labute approximate surface area is 81.0 Å². The fraction of sp³-hybridized carbons (Fsp3) is 0.182. The smallest absolute Gasteiger partial charge is 0.132 e. The zero-order valence-corrected chi connectivity index (χ0v) is 7.74. The van der Waals surface area contributed by atoms with Gasteiger partial charge < -0.3 is 5.11 Å². The van der Waals surface area contributed by atoms with E-state index in [0.29, 0.717) is 11.1 Å². The number of aromatic nitrogens is 1. The summed E-state index contributed by atoms with van der Waals surface area (Å²) >= 11 is 0. The van der Waals surface area contributed by atoms with E-state index in [1.54, 1.807) is 31.3 Å². The van der Waals surface area contributed by atoms with Gasteiger partial charge in [0.25, 0.3) is 0 Å². The van der Waals surface area contributed by atoms with Gasteiger partial charge in [0.05, 0.1) is 11.8 Å². The van der Waals surface area contributed by atoms with Crippen molar-refractivity contribution in [1.82, 2.24) is 4.98 Å². The molecule has 0 aliphatic rings. The van der Waals surface area contributed by atoms with Crippen LogP contribution in [0.1, 0.15) is 18.7 Å². The molecule has 1 heterocycles. The van der Waals surface area contributed by atoms with Gasteiger partial charge in [-0.2, -0.15) is 0 Å². The number of aliphatic hydroxyl groups excluding tert-OH is 1. The largest absolute Gasteiger partial charge is 0.387 e. The summed E-state index contributed by atoms with van der Waals surface area (Å²) in [4.78, 5) is 3.98. The molecule has 1 aromatic heterocycles. The second-order valence-corrected chi connectivity index (χ2v) is 3.21. The molecule has 2 rings (SSSR count). The highest BCUT2D eigenvalue weighted by Crippen LogP contribution is 2.24. The average molecular weight is 191 g/mol. The fourth-order valence-electron chi connectivity index (χ4n) is 1.53. The number of fused-ring (bicyclic) bond motifs is 1. The molecule has 72 valence electrons. The molecule has 2 nitrogen and oxygen atoms in total. The third-order valence-corrected chi connectivity index (χ3v) is 2.17. The number of nitrogens with zero attached hydrogens (tertiary/aromatic N) is 1. The minimum atomic E-state index is -0.754. The second-order valence-electron chi connectivity index (χ2n) is 3.21. The summed E-state index contributed by atoms with van der Waals surface area (Å²) in [5.74, 6) is -0.341. The van der Waals surface area contributed by atoms with E-state index < -0.39 is 6.10 Å². The number of aliphatic hydroxyl groups is 1. The van der Waals surface area contributed by atoms with Crippen LogP contribution in [0, 0.1) is 5.82 Å². The molecule has 0 saturated carbocycles. The lowest BCUT2D eigenvalue weighted by atomic mass is 10.1. The first-order chi connectivity index (χ1) is 6.70. The van der Waals surface area contributed by atoms with Crippen molar-refractivity contribution in [2.45, 2.75) is 13.0 Å². The molecule has 1 N–H and O–H groups in total. The summed E-state index contributed by atoms with van der Waals surface area (Å²) < 4.78 is 13.5. The van der Waals surface area contributed by atoms with E-state index in [4.69, 9.17) is 0 Å². The molecule has 1 atom stereocenters. The highest BCUT2D eigenvalue weighted by atomic mass is 19.1. The zero-order chi connectivity index (χ0) is 10.1. The van der Waals surface area contributed by atoms with E-state index in [1.165, 1.54) is 6.07 Å². The molecule has 0 aliphatic heterocycles. The molecule has 14 heavy (non-hydrogen) atoms. The van der Waals surface area contributed by atoms with Crippen molar-refractivity contribution in [2.75, 3.05) is 0 Å². The van der Waals surface area contributed by atoms with Crippen LogP contribution in [-0.4, -0.2) is 10.1 Å².